The molecule has 0 spiro atoms. The van der Waals surface area contributed by atoms with E-state index < -0.39 is 0 Å². The monoisotopic (exact) mass is 303 g/mol. The molecule has 0 atom stereocenters. The molecule has 3 N–H and O–H groups in total. The maximum Gasteiger partial charge on any atom is 0.259 e. The number of furan rings is 1. The molecule has 6 nitrogen and oxygen atoms in total. The molecule has 2 amide bonds. The van der Waals surface area contributed by atoms with Crippen molar-refractivity contribution >= 4 is 17.7 Å². The fourth-order valence-electron chi connectivity index (χ4n) is 3.01. The first kappa shape index (κ1) is 14.7. The van der Waals surface area contributed by atoms with E-state index in [2.05, 4.69) is 22.0 Å². The number of aryl methyl sites for hydroxylation is 1. The number of allylic oxidation sites excluding steroid dienone is 1. The molecule has 0 aromatic carbocycles. The first-order valence-corrected chi connectivity index (χ1v) is 7.78. The van der Waals surface area contributed by atoms with Gasteiger partial charge in [0.15, 0.2) is 0 Å². The van der Waals surface area contributed by atoms with Gasteiger partial charge in [0.25, 0.3) is 11.8 Å². The molecule has 0 bridgehead atoms. The predicted octanol–water partition coefficient (Wildman–Crippen LogP) is 2.32. The van der Waals surface area contributed by atoms with Crippen molar-refractivity contribution in [3.05, 3.63) is 28.5 Å². The molecule has 3 rings (SSSR count). The fraction of sp³-hybridized carbons (Fsp3) is 0.500. The molecule has 2 aliphatic rings. The van der Waals surface area contributed by atoms with Gasteiger partial charge < -0.3 is 20.4 Å². The number of fused-ring (bicyclic) bond motifs is 1. The average molecular weight is 303 g/mol. The Bertz CT molecular complexity index is 631. The molecule has 0 unspecified atom stereocenters. The molecule has 6 heteroatoms. The highest BCUT2D eigenvalue weighted by Crippen LogP contribution is 2.28. The van der Waals surface area contributed by atoms with Crippen molar-refractivity contribution in [3.8, 4) is 0 Å². The number of amides is 2. The maximum absolute atomic E-state index is 12.4. The van der Waals surface area contributed by atoms with Crippen LogP contribution in [0.5, 0.6) is 0 Å². The van der Waals surface area contributed by atoms with Crippen LogP contribution in [0.15, 0.2) is 16.1 Å². The van der Waals surface area contributed by atoms with Crippen LogP contribution in [0, 0.1) is 6.92 Å². The molecular weight excluding hydrogens is 282 g/mol. The van der Waals surface area contributed by atoms with Crippen LogP contribution in [0.4, 0.5) is 5.88 Å². The number of carbonyl (C=O) groups is 2. The van der Waals surface area contributed by atoms with Crippen molar-refractivity contribution < 1.29 is 14.0 Å². The summed E-state index contributed by atoms with van der Waals surface area (Å²) in [6.07, 6.45) is 7.91. The Morgan fingerprint density at radius 2 is 2.23 bits per heavy atom. The number of carbonyl (C=O) groups excluding carboxylic acids is 2. The molecule has 0 saturated carbocycles. The Hall–Kier alpha value is -2.24. The van der Waals surface area contributed by atoms with Crippen LogP contribution in [0.1, 0.15) is 58.6 Å². The molecule has 22 heavy (non-hydrogen) atoms. The second-order valence-corrected chi connectivity index (χ2v) is 5.71. The third kappa shape index (κ3) is 2.86. The molecule has 1 aromatic heterocycles. The summed E-state index contributed by atoms with van der Waals surface area (Å²) >= 11 is 0. The van der Waals surface area contributed by atoms with E-state index in [1.165, 1.54) is 18.4 Å². The summed E-state index contributed by atoms with van der Waals surface area (Å²) < 4.78 is 5.48. The Balaban J connectivity index is 1.66. The van der Waals surface area contributed by atoms with Crippen molar-refractivity contribution in [3.63, 3.8) is 0 Å². The molecule has 0 saturated heterocycles. The van der Waals surface area contributed by atoms with Crippen molar-refractivity contribution in [2.45, 2.75) is 39.0 Å². The lowest BCUT2D eigenvalue weighted by Gasteiger charge is -2.15. The van der Waals surface area contributed by atoms with Gasteiger partial charge in [-0.1, -0.05) is 11.6 Å². The molecule has 118 valence electrons. The minimum absolute atomic E-state index is 0.252. The highest BCUT2D eigenvalue weighted by Gasteiger charge is 2.30. The molecule has 2 heterocycles. The lowest BCUT2D eigenvalue weighted by Crippen LogP contribution is -2.36. The van der Waals surface area contributed by atoms with E-state index in [-0.39, 0.29) is 11.8 Å². The first-order valence-electron chi connectivity index (χ1n) is 7.78. The van der Waals surface area contributed by atoms with Gasteiger partial charge >= 0.3 is 0 Å². The average Bonchev–Trinajstić information content (AvgIpc) is 2.86. The summed E-state index contributed by atoms with van der Waals surface area (Å²) in [6.45, 7) is 2.60. The van der Waals surface area contributed by atoms with Gasteiger partial charge in [-0.15, -0.1) is 0 Å². The predicted molar refractivity (Wildman–Crippen MR) is 82.9 cm³/mol. The summed E-state index contributed by atoms with van der Waals surface area (Å²) in [4.78, 5) is 24.3. The number of anilines is 1. The van der Waals surface area contributed by atoms with Crippen molar-refractivity contribution in [1.29, 1.82) is 0 Å². The van der Waals surface area contributed by atoms with E-state index in [0.717, 1.165) is 19.3 Å². The van der Waals surface area contributed by atoms with Crippen LogP contribution in [0.3, 0.4) is 0 Å². The Morgan fingerprint density at radius 3 is 3.00 bits per heavy atom. The van der Waals surface area contributed by atoms with Gasteiger partial charge in [0.1, 0.15) is 11.3 Å². The van der Waals surface area contributed by atoms with E-state index >= 15 is 0 Å². The molecule has 1 aromatic rings. The zero-order valence-corrected chi connectivity index (χ0v) is 12.8. The van der Waals surface area contributed by atoms with E-state index in [0.29, 0.717) is 36.0 Å². The summed E-state index contributed by atoms with van der Waals surface area (Å²) in [5, 5.41) is 8.48. The Morgan fingerprint density at radius 1 is 1.36 bits per heavy atom. The van der Waals surface area contributed by atoms with Gasteiger partial charge in [0.05, 0.1) is 12.2 Å². The SMILES string of the molecule is Cc1oc2c(c1C(=O)NCCC1=CCCCC1)C(=O)NCN2. The maximum atomic E-state index is 12.4. The van der Waals surface area contributed by atoms with Gasteiger partial charge in [-0.3, -0.25) is 9.59 Å². The number of rotatable bonds is 4. The molecule has 0 radical (unpaired) electrons. The van der Waals surface area contributed by atoms with Crippen LogP contribution >= 0.6 is 0 Å². The van der Waals surface area contributed by atoms with Gasteiger partial charge in [0, 0.05) is 6.54 Å². The quantitative estimate of drug-likeness (QED) is 0.745. The zero-order chi connectivity index (χ0) is 15.5. The van der Waals surface area contributed by atoms with Crippen molar-refractivity contribution in [2.75, 3.05) is 18.5 Å². The largest absolute Gasteiger partial charge is 0.444 e. The summed E-state index contributed by atoms with van der Waals surface area (Å²) in [7, 11) is 0. The second-order valence-electron chi connectivity index (χ2n) is 5.71. The molecular formula is C16H21N3O3. The Kier molecular flexibility index (Phi) is 4.18. The molecule has 0 fully saturated rings. The van der Waals surface area contributed by atoms with Crippen molar-refractivity contribution in [1.82, 2.24) is 10.6 Å². The normalized spacial score (nSPS) is 17.1. The summed E-state index contributed by atoms with van der Waals surface area (Å²) in [5.41, 5.74) is 2.05. The second kappa shape index (κ2) is 6.25. The van der Waals surface area contributed by atoms with Gasteiger partial charge in [-0.2, -0.15) is 0 Å². The minimum atomic E-state index is -0.272. The van der Waals surface area contributed by atoms with E-state index in [1.807, 2.05) is 0 Å². The van der Waals surface area contributed by atoms with Crippen LogP contribution in [0.25, 0.3) is 0 Å². The first-order chi connectivity index (χ1) is 10.7. The van der Waals surface area contributed by atoms with E-state index in [9.17, 15) is 9.59 Å². The van der Waals surface area contributed by atoms with Crippen LogP contribution in [-0.4, -0.2) is 25.0 Å². The third-order valence-corrected chi connectivity index (χ3v) is 4.15. The lowest BCUT2D eigenvalue weighted by molar-refractivity contribution is 0.0919. The highest BCUT2D eigenvalue weighted by molar-refractivity contribution is 6.11. The lowest BCUT2D eigenvalue weighted by atomic mass is 9.97. The van der Waals surface area contributed by atoms with Gasteiger partial charge in [-0.25, -0.2) is 0 Å². The standard InChI is InChI=1S/C16H21N3O3/c1-10-12(13-15(21)18-9-19-16(13)22-10)14(20)17-8-7-11-5-3-2-4-6-11/h5,19H,2-4,6-9H2,1H3,(H,17,20)(H,18,21). The van der Waals surface area contributed by atoms with Gasteiger partial charge in [-0.05, 0) is 39.0 Å². The number of nitrogens with one attached hydrogen (secondary N) is 3. The Labute approximate surface area is 129 Å². The van der Waals surface area contributed by atoms with Crippen LogP contribution < -0.4 is 16.0 Å². The topological polar surface area (TPSA) is 83.4 Å². The van der Waals surface area contributed by atoms with Crippen LogP contribution in [0.2, 0.25) is 0 Å². The highest BCUT2D eigenvalue weighted by atomic mass is 16.4. The molecule has 1 aliphatic heterocycles. The summed E-state index contributed by atoms with van der Waals surface area (Å²) in [5.74, 6) is 0.314. The minimum Gasteiger partial charge on any atom is -0.444 e. The van der Waals surface area contributed by atoms with E-state index in [1.54, 1.807) is 6.92 Å². The van der Waals surface area contributed by atoms with Gasteiger partial charge in [0.2, 0.25) is 5.88 Å². The van der Waals surface area contributed by atoms with E-state index in [4.69, 9.17) is 4.42 Å². The summed E-state index contributed by atoms with van der Waals surface area (Å²) in [6, 6.07) is 0. The molecule has 1 aliphatic carbocycles. The smallest absolute Gasteiger partial charge is 0.259 e. The number of hydrogen-bond acceptors (Lipinski definition) is 4. The van der Waals surface area contributed by atoms with Crippen LogP contribution in [-0.2, 0) is 0 Å². The third-order valence-electron chi connectivity index (χ3n) is 4.15. The zero-order valence-electron chi connectivity index (χ0n) is 12.8. The number of hydrogen-bond donors (Lipinski definition) is 3. The van der Waals surface area contributed by atoms with Crippen molar-refractivity contribution in [2.24, 2.45) is 0 Å². The fourth-order valence-corrected chi connectivity index (χ4v) is 3.01.